The summed E-state index contributed by atoms with van der Waals surface area (Å²) in [5.74, 6) is 0.836. The summed E-state index contributed by atoms with van der Waals surface area (Å²) >= 11 is 1.46. The van der Waals surface area contributed by atoms with Crippen LogP contribution in [-0.4, -0.2) is 30.5 Å². The highest BCUT2D eigenvalue weighted by Crippen LogP contribution is 2.31. The van der Waals surface area contributed by atoms with E-state index < -0.39 is 0 Å². The minimum atomic E-state index is -0.116. The molecule has 2 amide bonds. The second-order valence-corrected chi connectivity index (χ2v) is 8.40. The van der Waals surface area contributed by atoms with Crippen molar-refractivity contribution in [2.24, 2.45) is 0 Å². The van der Waals surface area contributed by atoms with Crippen LogP contribution < -0.4 is 15.0 Å². The van der Waals surface area contributed by atoms with Gasteiger partial charge in [0.1, 0.15) is 5.75 Å². The van der Waals surface area contributed by atoms with Gasteiger partial charge in [-0.05, 0) is 55.3 Å². The van der Waals surface area contributed by atoms with Crippen LogP contribution in [-0.2, 0) is 16.0 Å². The lowest BCUT2D eigenvalue weighted by Gasteiger charge is -2.15. The molecule has 7 heteroatoms. The van der Waals surface area contributed by atoms with Crippen LogP contribution >= 0.6 is 11.3 Å². The molecule has 1 saturated heterocycles. The van der Waals surface area contributed by atoms with Crippen molar-refractivity contribution >= 4 is 34.0 Å². The number of aromatic nitrogens is 1. The number of aryl methyl sites for hydroxylation is 1. The summed E-state index contributed by atoms with van der Waals surface area (Å²) in [6, 6.07) is 15.3. The van der Waals surface area contributed by atoms with E-state index in [0.717, 1.165) is 46.1 Å². The molecule has 1 N–H and O–H groups in total. The molecule has 0 radical (unpaired) electrons. The Morgan fingerprint density at radius 2 is 1.90 bits per heavy atom. The maximum absolute atomic E-state index is 12.5. The van der Waals surface area contributed by atoms with E-state index in [4.69, 9.17) is 4.74 Å². The van der Waals surface area contributed by atoms with Crippen molar-refractivity contribution in [2.45, 2.75) is 26.2 Å². The summed E-state index contributed by atoms with van der Waals surface area (Å²) in [6.45, 7) is 2.75. The quantitative estimate of drug-likeness (QED) is 0.639. The van der Waals surface area contributed by atoms with E-state index >= 15 is 0 Å². The summed E-state index contributed by atoms with van der Waals surface area (Å²) in [5.41, 5.74) is 3.63. The van der Waals surface area contributed by atoms with Crippen molar-refractivity contribution in [1.82, 2.24) is 4.98 Å². The van der Waals surface area contributed by atoms with E-state index in [9.17, 15) is 9.59 Å². The Morgan fingerprint density at radius 3 is 2.53 bits per heavy atom. The minimum Gasteiger partial charge on any atom is -0.497 e. The van der Waals surface area contributed by atoms with E-state index in [1.807, 2.05) is 55.5 Å². The highest BCUT2D eigenvalue weighted by molar-refractivity contribution is 7.16. The monoisotopic (exact) mass is 421 g/mol. The maximum Gasteiger partial charge on any atom is 0.230 e. The highest BCUT2D eigenvalue weighted by Gasteiger charge is 2.21. The van der Waals surface area contributed by atoms with Gasteiger partial charge < -0.3 is 15.0 Å². The molecule has 154 valence electrons. The van der Waals surface area contributed by atoms with Gasteiger partial charge in [0.25, 0.3) is 0 Å². The zero-order valence-electron chi connectivity index (χ0n) is 17.0. The Balaban J connectivity index is 1.40. The van der Waals surface area contributed by atoms with Gasteiger partial charge in [-0.3, -0.25) is 9.59 Å². The topological polar surface area (TPSA) is 71.5 Å². The van der Waals surface area contributed by atoms with Crippen molar-refractivity contribution in [1.29, 1.82) is 0 Å². The van der Waals surface area contributed by atoms with Crippen LogP contribution in [0.15, 0.2) is 48.5 Å². The number of benzene rings is 2. The van der Waals surface area contributed by atoms with Crippen LogP contribution in [0.3, 0.4) is 0 Å². The fourth-order valence-corrected chi connectivity index (χ4v) is 4.38. The fraction of sp³-hybridized carbons (Fsp3) is 0.261. The van der Waals surface area contributed by atoms with E-state index in [2.05, 4.69) is 10.3 Å². The smallest absolute Gasteiger partial charge is 0.230 e. The van der Waals surface area contributed by atoms with Gasteiger partial charge in [0.2, 0.25) is 11.8 Å². The number of amides is 2. The van der Waals surface area contributed by atoms with Gasteiger partial charge in [0.05, 0.1) is 19.2 Å². The molecule has 0 unspecified atom stereocenters. The van der Waals surface area contributed by atoms with Gasteiger partial charge >= 0.3 is 0 Å². The molecule has 2 aromatic carbocycles. The molecule has 0 atom stereocenters. The number of carbonyl (C=O) groups is 2. The van der Waals surface area contributed by atoms with Gasteiger partial charge in [0.15, 0.2) is 5.13 Å². The van der Waals surface area contributed by atoms with Gasteiger partial charge in [-0.15, -0.1) is 11.3 Å². The number of nitrogens with zero attached hydrogens (tertiary/aromatic N) is 2. The molecule has 4 rings (SSSR count). The number of rotatable bonds is 6. The Labute approximate surface area is 179 Å². The molecule has 0 spiro atoms. The van der Waals surface area contributed by atoms with Crippen LogP contribution in [0.25, 0.3) is 11.3 Å². The van der Waals surface area contributed by atoms with Crippen molar-refractivity contribution in [3.05, 3.63) is 59.0 Å². The summed E-state index contributed by atoms with van der Waals surface area (Å²) in [7, 11) is 1.64. The number of ether oxygens (including phenoxy) is 1. The SMILES string of the molecule is COc1ccc(-c2nc(NC(=O)Cc3ccc(N4CCCC4=O)cc3)sc2C)cc1. The largest absolute Gasteiger partial charge is 0.497 e. The fourth-order valence-electron chi connectivity index (χ4n) is 3.53. The highest BCUT2D eigenvalue weighted by atomic mass is 32.1. The van der Waals surface area contributed by atoms with Crippen molar-refractivity contribution in [2.75, 3.05) is 23.9 Å². The van der Waals surface area contributed by atoms with E-state index in [0.29, 0.717) is 11.6 Å². The van der Waals surface area contributed by atoms with Crippen LogP contribution in [0, 0.1) is 6.92 Å². The Hall–Kier alpha value is -3.19. The molecule has 0 bridgehead atoms. The standard InChI is InChI=1S/C23H23N3O3S/c1-15-22(17-7-11-19(29-2)12-8-17)25-23(30-15)24-20(27)14-16-5-9-18(10-6-16)26-13-3-4-21(26)28/h5-12H,3-4,13-14H2,1-2H3,(H,24,25,27). The van der Waals surface area contributed by atoms with Gasteiger partial charge in [-0.1, -0.05) is 12.1 Å². The number of hydrogen-bond donors (Lipinski definition) is 1. The molecular weight excluding hydrogens is 398 g/mol. The average molecular weight is 422 g/mol. The third kappa shape index (κ3) is 4.36. The van der Waals surface area contributed by atoms with Gasteiger partial charge in [0, 0.05) is 29.1 Å². The maximum atomic E-state index is 12.5. The molecule has 2 heterocycles. The molecule has 1 aromatic heterocycles. The molecule has 30 heavy (non-hydrogen) atoms. The Kier molecular flexibility index (Phi) is 5.81. The van der Waals surface area contributed by atoms with Crippen molar-refractivity contribution in [3.8, 4) is 17.0 Å². The summed E-state index contributed by atoms with van der Waals surface area (Å²) < 4.78 is 5.20. The number of anilines is 2. The summed E-state index contributed by atoms with van der Waals surface area (Å²) in [6.07, 6.45) is 1.76. The first-order valence-corrected chi connectivity index (χ1v) is 10.7. The molecule has 0 saturated carbocycles. The predicted molar refractivity (Wildman–Crippen MR) is 119 cm³/mol. The number of nitrogens with one attached hydrogen (secondary N) is 1. The predicted octanol–water partition coefficient (Wildman–Crippen LogP) is 4.44. The van der Waals surface area contributed by atoms with Crippen LogP contribution in [0.2, 0.25) is 0 Å². The summed E-state index contributed by atoms with van der Waals surface area (Å²) in [5, 5.41) is 3.49. The molecule has 1 aliphatic heterocycles. The molecule has 6 nitrogen and oxygen atoms in total. The van der Waals surface area contributed by atoms with E-state index in [1.165, 1.54) is 11.3 Å². The lowest BCUT2D eigenvalue weighted by molar-refractivity contribution is -0.117. The lowest BCUT2D eigenvalue weighted by atomic mass is 10.1. The van der Waals surface area contributed by atoms with Crippen molar-refractivity contribution < 1.29 is 14.3 Å². The zero-order valence-corrected chi connectivity index (χ0v) is 17.8. The van der Waals surface area contributed by atoms with Crippen LogP contribution in [0.5, 0.6) is 5.75 Å². The summed E-state index contributed by atoms with van der Waals surface area (Å²) in [4.78, 5) is 31.8. The number of hydrogen-bond acceptors (Lipinski definition) is 5. The Bertz CT molecular complexity index is 1060. The first-order valence-electron chi connectivity index (χ1n) is 9.84. The van der Waals surface area contributed by atoms with Crippen molar-refractivity contribution in [3.63, 3.8) is 0 Å². The molecule has 1 aliphatic rings. The van der Waals surface area contributed by atoms with E-state index in [-0.39, 0.29) is 18.2 Å². The molecular formula is C23H23N3O3S. The normalized spacial score (nSPS) is 13.5. The zero-order chi connectivity index (χ0) is 21.1. The third-order valence-electron chi connectivity index (χ3n) is 5.09. The number of methoxy groups -OCH3 is 1. The van der Waals surface area contributed by atoms with Crippen LogP contribution in [0.1, 0.15) is 23.3 Å². The molecule has 3 aromatic rings. The number of thiazole rings is 1. The van der Waals surface area contributed by atoms with E-state index in [1.54, 1.807) is 12.0 Å². The van der Waals surface area contributed by atoms with Gasteiger partial charge in [-0.2, -0.15) is 0 Å². The van der Waals surface area contributed by atoms with Gasteiger partial charge in [-0.25, -0.2) is 4.98 Å². The second kappa shape index (κ2) is 8.67. The lowest BCUT2D eigenvalue weighted by Crippen LogP contribution is -2.23. The minimum absolute atomic E-state index is 0.116. The number of carbonyl (C=O) groups excluding carboxylic acids is 2. The first kappa shape index (κ1) is 20.1. The molecule has 0 aliphatic carbocycles. The molecule has 1 fully saturated rings. The first-order chi connectivity index (χ1) is 14.5. The van der Waals surface area contributed by atoms with Crippen LogP contribution in [0.4, 0.5) is 10.8 Å². The second-order valence-electron chi connectivity index (χ2n) is 7.19. The third-order valence-corrected chi connectivity index (χ3v) is 5.98. The Morgan fingerprint density at radius 1 is 1.17 bits per heavy atom. The average Bonchev–Trinajstić information content (AvgIpc) is 3.33.